The Morgan fingerprint density at radius 3 is 2.13 bits per heavy atom. The SMILES string of the molecule is CCN=C(N)c1ccc(C(C)(C)C)cc1. The summed E-state index contributed by atoms with van der Waals surface area (Å²) in [4.78, 5) is 4.18. The van der Waals surface area contributed by atoms with Gasteiger partial charge < -0.3 is 5.73 Å². The van der Waals surface area contributed by atoms with Gasteiger partial charge >= 0.3 is 0 Å². The smallest absolute Gasteiger partial charge is 0.125 e. The molecule has 1 rings (SSSR count). The van der Waals surface area contributed by atoms with Crippen molar-refractivity contribution in [3.63, 3.8) is 0 Å². The number of nitrogens with zero attached hydrogens (tertiary/aromatic N) is 1. The molecule has 0 fully saturated rings. The molecule has 0 aromatic heterocycles. The number of aliphatic imine (C=N–C) groups is 1. The second-order valence-corrected chi connectivity index (χ2v) is 4.69. The van der Waals surface area contributed by atoms with Crippen molar-refractivity contribution in [3.05, 3.63) is 35.4 Å². The standard InChI is InChI=1S/C13H20N2/c1-5-15-12(14)10-6-8-11(9-7-10)13(2,3)4/h6-9H,5H2,1-4H3,(H2,14,15). The van der Waals surface area contributed by atoms with E-state index in [0.29, 0.717) is 5.84 Å². The van der Waals surface area contributed by atoms with Gasteiger partial charge in [0.15, 0.2) is 0 Å². The van der Waals surface area contributed by atoms with Crippen LogP contribution in [0.25, 0.3) is 0 Å². The van der Waals surface area contributed by atoms with Gasteiger partial charge in [0.05, 0.1) is 0 Å². The minimum Gasteiger partial charge on any atom is -0.384 e. The third-order valence-electron chi connectivity index (χ3n) is 2.38. The number of hydrogen-bond acceptors (Lipinski definition) is 1. The Hall–Kier alpha value is -1.31. The van der Waals surface area contributed by atoms with Crippen LogP contribution in [0.5, 0.6) is 0 Å². The number of amidine groups is 1. The lowest BCUT2D eigenvalue weighted by Gasteiger charge is -2.19. The molecular formula is C13H20N2. The van der Waals surface area contributed by atoms with Crippen molar-refractivity contribution in [2.45, 2.75) is 33.1 Å². The summed E-state index contributed by atoms with van der Waals surface area (Å²) in [5.74, 6) is 0.623. The predicted octanol–water partition coefficient (Wildman–Crippen LogP) is 2.71. The molecule has 0 saturated heterocycles. The Labute approximate surface area is 92.2 Å². The molecule has 2 nitrogen and oxygen atoms in total. The van der Waals surface area contributed by atoms with E-state index >= 15 is 0 Å². The van der Waals surface area contributed by atoms with Crippen LogP contribution in [0.15, 0.2) is 29.3 Å². The maximum atomic E-state index is 5.81. The van der Waals surface area contributed by atoms with E-state index in [4.69, 9.17) is 5.73 Å². The zero-order valence-corrected chi connectivity index (χ0v) is 10.0. The summed E-state index contributed by atoms with van der Waals surface area (Å²) < 4.78 is 0. The maximum Gasteiger partial charge on any atom is 0.125 e. The minimum absolute atomic E-state index is 0.190. The molecule has 0 radical (unpaired) electrons. The Morgan fingerprint density at radius 1 is 1.20 bits per heavy atom. The van der Waals surface area contributed by atoms with Crippen LogP contribution in [-0.4, -0.2) is 12.4 Å². The van der Waals surface area contributed by atoms with Crippen LogP contribution in [0.3, 0.4) is 0 Å². The number of nitrogens with two attached hydrogens (primary N) is 1. The van der Waals surface area contributed by atoms with Crippen LogP contribution in [0.1, 0.15) is 38.8 Å². The molecule has 0 bridgehead atoms. The highest BCUT2D eigenvalue weighted by Crippen LogP contribution is 2.21. The summed E-state index contributed by atoms with van der Waals surface area (Å²) in [6.07, 6.45) is 0. The fourth-order valence-electron chi connectivity index (χ4n) is 1.40. The van der Waals surface area contributed by atoms with Crippen LogP contribution >= 0.6 is 0 Å². The third kappa shape index (κ3) is 3.08. The van der Waals surface area contributed by atoms with Gasteiger partial charge in [-0.1, -0.05) is 45.0 Å². The van der Waals surface area contributed by atoms with Gasteiger partial charge in [0.1, 0.15) is 5.84 Å². The van der Waals surface area contributed by atoms with E-state index in [2.05, 4.69) is 37.9 Å². The van der Waals surface area contributed by atoms with Crippen molar-refractivity contribution < 1.29 is 0 Å². The van der Waals surface area contributed by atoms with Gasteiger partial charge in [0.2, 0.25) is 0 Å². The van der Waals surface area contributed by atoms with E-state index in [1.54, 1.807) is 0 Å². The number of hydrogen-bond donors (Lipinski definition) is 1. The van der Waals surface area contributed by atoms with Crippen molar-refractivity contribution in [1.82, 2.24) is 0 Å². The van der Waals surface area contributed by atoms with E-state index in [1.165, 1.54) is 5.56 Å². The first kappa shape index (κ1) is 11.8. The molecule has 0 unspecified atom stereocenters. The first-order chi connectivity index (χ1) is 6.95. The molecule has 2 N–H and O–H groups in total. The van der Waals surface area contributed by atoms with Gasteiger partial charge in [0, 0.05) is 12.1 Å². The molecule has 0 amide bonds. The molecule has 0 saturated carbocycles. The monoisotopic (exact) mass is 204 g/mol. The highest BCUT2D eigenvalue weighted by atomic mass is 14.8. The molecule has 1 aromatic rings. The zero-order chi connectivity index (χ0) is 11.5. The lowest BCUT2D eigenvalue weighted by molar-refractivity contribution is 0.590. The molecular weight excluding hydrogens is 184 g/mol. The van der Waals surface area contributed by atoms with Gasteiger partial charge in [-0.25, -0.2) is 0 Å². The van der Waals surface area contributed by atoms with Crippen LogP contribution in [0.4, 0.5) is 0 Å². The summed E-state index contributed by atoms with van der Waals surface area (Å²) in [7, 11) is 0. The van der Waals surface area contributed by atoms with Crippen molar-refractivity contribution in [2.24, 2.45) is 10.7 Å². The quantitative estimate of drug-likeness (QED) is 0.584. The molecule has 0 aliphatic carbocycles. The Morgan fingerprint density at radius 2 is 1.73 bits per heavy atom. The van der Waals surface area contributed by atoms with Crippen molar-refractivity contribution in [3.8, 4) is 0 Å². The first-order valence-electron chi connectivity index (χ1n) is 5.36. The highest BCUT2D eigenvalue weighted by molar-refractivity contribution is 5.97. The fraction of sp³-hybridized carbons (Fsp3) is 0.462. The van der Waals surface area contributed by atoms with Crippen LogP contribution in [-0.2, 0) is 5.41 Å². The molecule has 82 valence electrons. The average molecular weight is 204 g/mol. The lowest BCUT2D eigenvalue weighted by Crippen LogP contribution is -2.15. The maximum absolute atomic E-state index is 5.81. The van der Waals surface area contributed by atoms with E-state index in [-0.39, 0.29) is 5.41 Å². The molecule has 0 heterocycles. The van der Waals surface area contributed by atoms with E-state index < -0.39 is 0 Å². The average Bonchev–Trinajstić information content (AvgIpc) is 2.17. The largest absolute Gasteiger partial charge is 0.384 e. The highest BCUT2D eigenvalue weighted by Gasteiger charge is 2.12. The Balaban J connectivity index is 2.96. The molecule has 0 spiro atoms. The molecule has 0 aliphatic rings. The van der Waals surface area contributed by atoms with Gasteiger partial charge in [-0.3, -0.25) is 4.99 Å². The second-order valence-electron chi connectivity index (χ2n) is 4.69. The molecule has 2 heteroatoms. The van der Waals surface area contributed by atoms with Crippen LogP contribution < -0.4 is 5.73 Å². The number of rotatable bonds is 2. The number of benzene rings is 1. The topological polar surface area (TPSA) is 38.4 Å². The minimum atomic E-state index is 0.190. The summed E-state index contributed by atoms with van der Waals surface area (Å²) in [6, 6.07) is 8.31. The summed E-state index contributed by atoms with van der Waals surface area (Å²) in [5.41, 5.74) is 8.32. The molecule has 0 atom stereocenters. The first-order valence-corrected chi connectivity index (χ1v) is 5.36. The molecule has 0 aliphatic heterocycles. The van der Waals surface area contributed by atoms with E-state index in [9.17, 15) is 0 Å². The normalized spacial score (nSPS) is 12.9. The summed E-state index contributed by atoms with van der Waals surface area (Å²) in [5, 5.41) is 0. The molecule has 1 aromatic carbocycles. The third-order valence-corrected chi connectivity index (χ3v) is 2.38. The van der Waals surface area contributed by atoms with Crippen molar-refractivity contribution >= 4 is 5.84 Å². The van der Waals surface area contributed by atoms with Gasteiger partial charge in [0.25, 0.3) is 0 Å². The van der Waals surface area contributed by atoms with E-state index in [0.717, 1.165) is 12.1 Å². The van der Waals surface area contributed by atoms with Crippen molar-refractivity contribution in [2.75, 3.05) is 6.54 Å². The van der Waals surface area contributed by atoms with Crippen LogP contribution in [0, 0.1) is 0 Å². The fourth-order valence-corrected chi connectivity index (χ4v) is 1.40. The lowest BCUT2D eigenvalue weighted by atomic mass is 9.87. The molecule has 15 heavy (non-hydrogen) atoms. The van der Waals surface area contributed by atoms with Gasteiger partial charge in [-0.05, 0) is 17.9 Å². The second kappa shape index (κ2) is 4.47. The summed E-state index contributed by atoms with van der Waals surface area (Å²) in [6.45, 7) is 9.31. The zero-order valence-electron chi connectivity index (χ0n) is 10.0. The van der Waals surface area contributed by atoms with Gasteiger partial charge in [-0.15, -0.1) is 0 Å². The van der Waals surface area contributed by atoms with Crippen molar-refractivity contribution in [1.29, 1.82) is 0 Å². The van der Waals surface area contributed by atoms with Crippen LogP contribution in [0.2, 0.25) is 0 Å². The Kier molecular flexibility index (Phi) is 3.51. The summed E-state index contributed by atoms with van der Waals surface area (Å²) >= 11 is 0. The Bertz CT molecular complexity index is 342. The van der Waals surface area contributed by atoms with Gasteiger partial charge in [-0.2, -0.15) is 0 Å². The predicted molar refractivity (Wildman–Crippen MR) is 66.4 cm³/mol. The van der Waals surface area contributed by atoms with E-state index in [1.807, 2.05) is 19.1 Å².